The lowest BCUT2D eigenvalue weighted by molar-refractivity contribution is 0.0815. The maximum atomic E-state index is 13.0. The smallest absolute Gasteiger partial charge is 0.257 e. The van der Waals surface area contributed by atoms with Crippen LogP contribution in [0.25, 0.3) is 11.3 Å². The van der Waals surface area contributed by atoms with E-state index < -0.39 is 28.5 Å². The molecular weight excluding hydrogens is 440 g/mol. The second-order valence-corrected chi connectivity index (χ2v) is 9.66. The van der Waals surface area contributed by atoms with Crippen LogP contribution < -0.4 is 5.32 Å². The lowest BCUT2D eigenvalue weighted by atomic mass is 10.1. The standard InChI is InChI=1S/C22H23ClN2O5S/c1-14-19(22(28)24-15-7-9-17(10-8-15)31(2,29)30)12-25(11-16(27)13-26)21(14)18-5-3-4-6-20(18)23/h3-10,12,16,26-27H,11,13H2,1-2H3,(H,24,28). The lowest BCUT2D eigenvalue weighted by Crippen LogP contribution is -2.20. The summed E-state index contributed by atoms with van der Waals surface area (Å²) < 4.78 is 24.9. The highest BCUT2D eigenvalue weighted by atomic mass is 35.5. The Morgan fingerprint density at radius 2 is 1.81 bits per heavy atom. The molecule has 3 N–H and O–H groups in total. The molecule has 31 heavy (non-hydrogen) atoms. The molecule has 0 saturated heterocycles. The number of nitrogens with zero attached hydrogens (tertiary/aromatic N) is 1. The van der Waals surface area contributed by atoms with Gasteiger partial charge in [0.1, 0.15) is 0 Å². The molecule has 7 nitrogen and oxygen atoms in total. The van der Waals surface area contributed by atoms with Crippen LogP contribution in [0.1, 0.15) is 15.9 Å². The number of nitrogens with one attached hydrogen (secondary N) is 1. The highest BCUT2D eigenvalue weighted by molar-refractivity contribution is 7.90. The fourth-order valence-corrected chi connectivity index (χ4v) is 4.17. The topological polar surface area (TPSA) is 109 Å². The first-order chi connectivity index (χ1) is 14.6. The zero-order chi connectivity index (χ0) is 22.8. The van der Waals surface area contributed by atoms with Crippen molar-refractivity contribution < 1.29 is 23.4 Å². The fourth-order valence-electron chi connectivity index (χ4n) is 3.31. The van der Waals surface area contributed by atoms with Crippen molar-refractivity contribution in [2.75, 3.05) is 18.2 Å². The van der Waals surface area contributed by atoms with E-state index in [2.05, 4.69) is 5.32 Å². The van der Waals surface area contributed by atoms with Gasteiger partial charge in [-0.2, -0.15) is 0 Å². The molecule has 3 rings (SSSR count). The molecule has 1 heterocycles. The number of halogens is 1. The molecule has 2 aromatic carbocycles. The molecule has 0 spiro atoms. The molecule has 0 radical (unpaired) electrons. The summed E-state index contributed by atoms with van der Waals surface area (Å²) in [4.78, 5) is 13.1. The van der Waals surface area contributed by atoms with Crippen molar-refractivity contribution in [3.8, 4) is 11.3 Å². The van der Waals surface area contributed by atoms with E-state index in [0.717, 1.165) is 6.26 Å². The van der Waals surface area contributed by atoms with Crippen LogP contribution in [0.4, 0.5) is 5.69 Å². The van der Waals surface area contributed by atoms with Crippen molar-refractivity contribution in [2.24, 2.45) is 0 Å². The summed E-state index contributed by atoms with van der Waals surface area (Å²) in [5, 5.41) is 22.5. The van der Waals surface area contributed by atoms with E-state index in [1.54, 1.807) is 29.8 Å². The predicted octanol–water partition coefficient (Wildman–Crippen LogP) is 3.13. The molecular formula is C22H23ClN2O5S. The fraction of sp³-hybridized carbons (Fsp3) is 0.227. The number of rotatable bonds is 7. The zero-order valence-corrected chi connectivity index (χ0v) is 18.6. The summed E-state index contributed by atoms with van der Waals surface area (Å²) in [5.74, 6) is -0.393. The van der Waals surface area contributed by atoms with Gasteiger partial charge in [0.05, 0.1) is 35.4 Å². The normalized spacial score (nSPS) is 12.5. The van der Waals surface area contributed by atoms with Gasteiger partial charge in [0, 0.05) is 28.7 Å². The molecule has 0 aliphatic heterocycles. The molecule has 1 amide bonds. The number of aromatic nitrogens is 1. The molecule has 1 aromatic heterocycles. The number of carbonyl (C=O) groups excluding carboxylic acids is 1. The minimum atomic E-state index is -3.33. The maximum Gasteiger partial charge on any atom is 0.257 e. The summed E-state index contributed by atoms with van der Waals surface area (Å²) >= 11 is 6.37. The average molecular weight is 463 g/mol. The molecule has 0 saturated carbocycles. The molecule has 164 valence electrons. The van der Waals surface area contributed by atoms with E-state index in [0.29, 0.717) is 33.1 Å². The molecule has 0 bridgehead atoms. The minimum Gasteiger partial charge on any atom is -0.394 e. The number of amides is 1. The van der Waals surface area contributed by atoms with Crippen LogP contribution in [-0.2, 0) is 16.4 Å². The van der Waals surface area contributed by atoms with Crippen LogP contribution in [-0.4, -0.2) is 48.1 Å². The highest BCUT2D eigenvalue weighted by Crippen LogP contribution is 2.33. The Morgan fingerprint density at radius 1 is 1.16 bits per heavy atom. The van der Waals surface area contributed by atoms with E-state index in [4.69, 9.17) is 11.6 Å². The van der Waals surface area contributed by atoms with Gasteiger partial charge in [-0.25, -0.2) is 8.42 Å². The van der Waals surface area contributed by atoms with Gasteiger partial charge in [-0.05, 0) is 42.8 Å². The quantitative estimate of drug-likeness (QED) is 0.500. The van der Waals surface area contributed by atoms with E-state index in [1.807, 2.05) is 12.1 Å². The molecule has 0 aliphatic rings. The van der Waals surface area contributed by atoms with Gasteiger partial charge in [-0.3, -0.25) is 4.79 Å². The Kier molecular flexibility index (Phi) is 6.86. The number of sulfone groups is 1. The molecule has 0 fully saturated rings. The van der Waals surface area contributed by atoms with Gasteiger partial charge in [0.2, 0.25) is 0 Å². The summed E-state index contributed by atoms with van der Waals surface area (Å²) in [6.45, 7) is 1.43. The Morgan fingerprint density at radius 3 is 2.39 bits per heavy atom. The maximum absolute atomic E-state index is 13.0. The third-order valence-electron chi connectivity index (χ3n) is 4.86. The van der Waals surface area contributed by atoms with Crippen LogP contribution in [0, 0.1) is 6.92 Å². The Bertz CT molecular complexity index is 1200. The van der Waals surface area contributed by atoms with Crippen molar-refractivity contribution in [3.05, 3.63) is 70.9 Å². The number of aliphatic hydroxyl groups is 2. The third kappa shape index (κ3) is 5.16. The first-order valence-electron chi connectivity index (χ1n) is 9.47. The summed E-state index contributed by atoms with van der Waals surface area (Å²) in [5.41, 5.74) is 2.83. The second-order valence-electron chi connectivity index (χ2n) is 7.24. The summed E-state index contributed by atoms with van der Waals surface area (Å²) in [6.07, 6.45) is 1.71. The highest BCUT2D eigenvalue weighted by Gasteiger charge is 2.22. The SMILES string of the molecule is Cc1c(C(=O)Nc2ccc(S(C)(=O)=O)cc2)cn(CC(O)CO)c1-c1ccccc1Cl. The zero-order valence-electron chi connectivity index (χ0n) is 17.0. The van der Waals surface area contributed by atoms with Gasteiger partial charge in [0.15, 0.2) is 9.84 Å². The first-order valence-corrected chi connectivity index (χ1v) is 11.7. The third-order valence-corrected chi connectivity index (χ3v) is 6.32. The molecule has 1 atom stereocenters. The lowest BCUT2D eigenvalue weighted by Gasteiger charge is -2.14. The van der Waals surface area contributed by atoms with Crippen LogP contribution in [0.15, 0.2) is 59.6 Å². The van der Waals surface area contributed by atoms with E-state index in [-0.39, 0.29) is 11.4 Å². The Labute approximate surface area is 185 Å². The van der Waals surface area contributed by atoms with Crippen LogP contribution in [0.2, 0.25) is 5.02 Å². The number of aliphatic hydroxyl groups excluding tert-OH is 2. The number of carbonyl (C=O) groups is 1. The van der Waals surface area contributed by atoms with Gasteiger partial charge < -0.3 is 20.1 Å². The number of hydrogen-bond donors (Lipinski definition) is 3. The van der Waals surface area contributed by atoms with Gasteiger partial charge in [-0.15, -0.1) is 0 Å². The largest absolute Gasteiger partial charge is 0.394 e. The first kappa shape index (κ1) is 23.0. The molecule has 1 unspecified atom stereocenters. The monoisotopic (exact) mass is 462 g/mol. The predicted molar refractivity (Wildman–Crippen MR) is 120 cm³/mol. The second kappa shape index (κ2) is 9.23. The minimum absolute atomic E-state index is 0.0776. The molecule has 0 aliphatic carbocycles. The van der Waals surface area contributed by atoms with Crippen molar-refractivity contribution in [1.82, 2.24) is 4.57 Å². The van der Waals surface area contributed by atoms with Gasteiger partial charge >= 0.3 is 0 Å². The van der Waals surface area contributed by atoms with Gasteiger partial charge in [0.25, 0.3) is 5.91 Å². The van der Waals surface area contributed by atoms with Gasteiger partial charge in [-0.1, -0.05) is 29.8 Å². The summed E-state index contributed by atoms with van der Waals surface area (Å²) in [6, 6.07) is 13.1. The molecule has 9 heteroatoms. The number of hydrogen-bond acceptors (Lipinski definition) is 5. The number of anilines is 1. The van der Waals surface area contributed by atoms with E-state index in [1.165, 1.54) is 24.3 Å². The van der Waals surface area contributed by atoms with E-state index >= 15 is 0 Å². The van der Waals surface area contributed by atoms with E-state index in [9.17, 15) is 23.4 Å². The van der Waals surface area contributed by atoms with Crippen LogP contribution in [0.3, 0.4) is 0 Å². The Balaban J connectivity index is 1.98. The van der Waals surface area contributed by atoms with Crippen LogP contribution >= 0.6 is 11.6 Å². The van der Waals surface area contributed by atoms with Crippen molar-refractivity contribution >= 4 is 33.0 Å². The van der Waals surface area contributed by atoms with Crippen molar-refractivity contribution in [1.29, 1.82) is 0 Å². The van der Waals surface area contributed by atoms with Crippen LogP contribution in [0.5, 0.6) is 0 Å². The Hall–Kier alpha value is -2.65. The number of benzene rings is 2. The molecule has 3 aromatic rings. The van der Waals surface area contributed by atoms with Crippen molar-refractivity contribution in [2.45, 2.75) is 24.5 Å². The summed E-state index contributed by atoms with van der Waals surface area (Å²) in [7, 11) is -3.33. The van der Waals surface area contributed by atoms with Crippen molar-refractivity contribution in [3.63, 3.8) is 0 Å². The average Bonchev–Trinajstić information content (AvgIpc) is 3.04.